The predicted octanol–water partition coefficient (Wildman–Crippen LogP) is 1.57. The van der Waals surface area contributed by atoms with Crippen molar-refractivity contribution >= 4 is 36.4 Å². The van der Waals surface area contributed by atoms with E-state index in [0.717, 1.165) is 6.42 Å². The van der Waals surface area contributed by atoms with Crippen molar-refractivity contribution in [2.75, 3.05) is 5.32 Å². The highest BCUT2D eigenvalue weighted by Crippen LogP contribution is 2.16. The lowest BCUT2D eigenvalue weighted by atomic mass is 10.1. The number of halogens is 2. The molecule has 0 aliphatic carbocycles. The van der Waals surface area contributed by atoms with Gasteiger partial charge in [-0.25, -0.2) is 14.6 Å². The number of aromatic nitrogens is 4. The lowest BCUT2D eigenvalue weighted by Crippen LogP contribution is -2.35. The van der Waals surface area contributed by atoms with Crippen LogP contribution in [-0.4, -0.2) is 31.7 Å². The van der Waals surface area contributed by atoms with Gasteiger partial charge in [-0.1, -0.05) is 13.3 Å². The molecule has 2 aromatic heterocycles. The second kappa shape index (κ2) is 9.28. The van der Waals surface area contributed by atoms with E-state index in [1.165, 1.54) is 17.3 Å². The standard InChI is InChI=1S/C12H16N6O.2ClH/c1-2-4-9(13)12(19)17-10-5-3-6-15-11(10)18-8-14-7-16-18;;/h3,5-9H,2,4,13H2,1H3,(H,17,19);2*1H. The van der Waals surface area contributed by atoms with E-state index < -0.39 is 6.04 Å². The summed E-state index contributed by atoms with van der Waals surface area (Å²) in [5.41, 5.74) is 6.34. The Morgan fingerprint density at radius 3 is 2.86 bits per heavy atom. The van der Waals surface area contributed by atoms with Gasteiger partial charge in [0, 0.05) is 6.20 Å². The van der Waals surface area contributed by atoms with E-state index in [4.69, 9.17) is 5.73 Å². The van der Waals surface area contributed by atoms with Gasteiger partial charge in [0.1, 0.15) is 12.7 Å². The minimum atomic E-state index is -0.520. The summed E-state index contributed by atoms with van der Waals surface area (Å²) in [6, 6.07) is 2.97. The van der Waals surface area contributed by atoms with E-state index in [9.17, 15) is 4.79 Å². The monoisotopic (exact) mass is 332 g/mol. The second-order valence-corrected chi connectivity index (χ2v) is 4.10. The van der Waals surface area contributed by atoms with Crippen molar-refractivity contribution in [3.8, 4) is 5.82 Å². The Bertz CT molecular complexity index is 548. The molecule has 2 heterocycles. The molecule has 2 aromatic rings. The first-order chi connectivity index (χ1) is 9.22. The Morgan fingerprint density at radius 1 is 1.48 bits per heavy atom. The van der Waals surface area contributed by atoms with Crippen LogP contribution >= 0.6 is 24.8 Å². The molecule has 21 heavy (non-hydrogen) atoms. The number of hydrogen-bond donors (Lipinski definition) is 2. The van der Waals surface area contributed by atoms with Crippen LogP contribution in [0.25, 0.3) is 5.82 Å². The zero-order valence-corrected chi connectivity index (χ0v) is 13.1. The minimum absolute atomic E-state index is 0. The van der Waals surface area contributed by atoms with Gasteiger partial charge >= 0.3 is 0 Å². The fourth-order valence-corrected chi connectivity index (χ4v) is 1.66. The number of amides is 1. The summed E-state index contributed by atoms with van der Waals surface area (Å²) in [7, 11) is 0. The van der Waals surface area contributed by atoms with Crippen molar-refractivity contribution in [1.82, 2.24) is 19.7 Å². The zero-order chi connectivity index (χ0) is 13.7. The molecular formula is C12H18Cl2N6O. The molecule has 0 spiro atoms. The summed E-state index contributed by atoms with van der Waals surface area (Å²) in [6.07, 6.45) is 6.05. The lowest BCUT2D eigenvalue weighted by Gasteiger charge is -2.13. The Balaban J connectivity index is 0.00000200. The van der Waals surface area contributed by atoms with Crippen molar-refractivity contribution in [2.24, 2.45) is 5.73 Å². The summed E-state index contributed by atoms with van der Waals surface area (Å²) in [4.78, 5) is 20.0. The average Bonchev–Trinajstić information content (AvgIpc) is 2.93. The van der Waals surface area contributed by atoms with Crippen molar-refractivity contribution in [2.45, 2.75) is 25.8 Å². The third-order valence-corrected chi connectivity index (χ3v) is 2.62. The van der Waals surface area contributed by atoms with Crippen LogP contribution in [0.5, 0.6) is 0 Å². The Labute approximate surface area is 135 Å². The fourth-order valence-electron chi connectivity index (χ4n) is 1.66. The van der Waals surface area contributed by atoms with E-state index in [0.29, 0.717) is 17.9 Å². The van der Waals surface area contributed by atoms with Gasteiger partial charge in [0.15, 0.2) is 5.82 Å². The first-order valence-corrected chi connectivity index (χ1v) is 6.09. The molecule has 0 fully saturated rings. The van der Waals surface area contributed by atoms with Crippen molar-refractivity contribution in [3.63, 3.8) is 0 Å². The van der Waals surface area contributed by atoms with E-state index in [2.05, 4.69) is 20.4 Å². The zero-order valence-electron chi connectivity index (χ0n) is 11.5. The van der Waals surface area contributed by atoms with Gasteiger partial charge in [0.2, 0.25) is 5.91 Å². The molecule has 0 radical (unpaired) electrons. The SMILES string of the molecule is CCCC(N)C(=O)Nc1cccnc1-n1cncn1.Cl.Cl. The maximum absolute atomic E-state index is 11.9. The number of rotatable bonds is 5. The highest BCUT2D eigenvalue weighted by atomic mass is 35.5. The molecule has 0 aromatic carbocycles. The van der Waals surface area contributed by atoms with Crippen molar-refractivity contribution in [3.05, 3.63) is 31.0 Å². The molecule has 1 atom stereocenters. The molecule has 0 saturated carbocycles. The molecule has 1 unspecified atom stereocenters. The number of nitrogens with one attached hydrogen (secondary N) is 1. The Morgan fingerprint density at radius 2 is 2.24 bits per heavy atom. The van der Waals surface area contributed by atoms with Gasteiger partial charge < -0.3 is 11.1 Å². The molecule has 1 amide bonds. The largest absolute Gasteiger partial charge is 0.322 e. The van der Waals surface area contributed by atoms with Crippen LogP contribution < -0.4 is 11.1 Å². The molecule has 0 bridgehead atoms. The number of anilines is 1. The topological polar surface area (TPSA) is 98.7 Å². The average molecular weight is 333 g/mol. The molecule has 0 aliphatic rings. The number of hydrogen-bond acceptors (Lipinski definition) is 5. The predicted molar refractivity (Wildman–Crippen MR) is 85.2 cm³/mol. The molecule has 2 rings (SSSR count). The number of carbonyl (C=O) groups excluding carboxylic acids is 1. The van der Waals surface area contributed by atoms with Gasteiger partial charge in [-0.15, -0.1) is 24.8 Å². The van der Waals surface area contributed by atoms with Gasteiger partial charge in [0.25, 0.3) is 0 Å². The number of carbonyl (C=O) groups is 1. The number of nitrogens with two attached hydrogens (primary N) is 1. The summed E-state index contributed by atoms with van der Waals surface area (Å²) < 4.78 is 1.49. The van der Waals surface area contributed by atoms with Crippen molar-refractivity contribution in [1.29, 1.82) is 0 Å². The molecular weight excluding hydrogens is 315 g/mol. The van der Waals surface area contributed by atoms with Crippen molar-refractivity contribution < 1.29 is 4.79 Å². The normalized spacial score (nSPS) is 11.0. The second-order valence-electron chi connectivity index (χ2n) is 4.10. The summed E-state index contributed by atoms with van der Waals surface area (Å²) in [5, 5.41) is 6.76. The minimum Gasteiger partial charge on any atom is -0.322 e. The first-order valence-electron chi connectivity index (χ1n) is 6.09. The first kappa shape index (κ1) is 19.3. The van der Waals surface area contributed by atoms with Gasteiger partial charge in [-0.2, -0.15) is 5.10 Å². The van der Waals surface area contributed by atoms with E-state index in [1.54, 1.807) is 18.3 Å². The van der Waals surface area contributed by atoms with Crippen LogP contribution in [-0.2, 0) is 4.79 Å². The smallest absolute Gasteiger partial charge is 0.241 e. The highest BCUT2D eigenvalue weighted by molar-refractivity contribution is 5.95. The van der Waals surface area contributed by atoms with Crippen LogP contribution in [0.2, 0.25) is 0 Å². The van der Waals surface area contributed by atoms with Gasteiger partial charge in [0.05, 0.1) is 11.7 Å². The summed E-state index contributed by atoms with van der Waals surface area (Å²) >= 11 is 0. The molecule has 9 heteroatoms. The summed E-state index contributed by atoms with van der Waals surface area (Å²) in [5.74, 6) is 0.285. The quantitative estimate of drug-likeness (QED) is 0.865. The van der Waals surface area contributed by atoms with Gasteiger partial charge in [-0.3, -0.25) is 4.79 Å². The molecule has 0 aliphatic heterocycles. The lowest BCUT2D eigenvalue weighted by molar-refractivity contribution is -0.117. The molecule has 3 N–H and O–H groups in total. The van der Waals surface area contributed by atoms with Crippen LogP contribution in [0.1, 0.15) is 19.8 Å². The Hall–Kier alpha value is -1.70. The number of pyridine rings is 1. The van der Waals surface area contributed by atoms with E-state index in [1.807, 2.05) is 6.92 Å². The fraction of sp³-hybridized carbons (Fsp3) is 0.333. The third kappa shape index (κ3) is 4.96. The molecule has 116 valence electrons. The van der Waals surface area contributed by atoms with Crippen LogP contribution in [0.15, 0.2) is 31.0 Å². The molecule has 0 saturated heterocycles. The number of nitrogens with zero attached hydrogens (tertiary/aromatic N) is 4. The summed E-state index contributed by atoms with van der Waals surface area (Å²) in [6.45, 7) is 1.98. The van der Waals surface area contributed by atoms with Crippen LogP contribution in [0.4, 0.5) is 5.69 Å². The van der Waals surface area contributed by atoms with E-state index in [-0.39, 0.29) is 30.7 Å². The van der Waals surface area contributed by atoms with E-state index >= 15 is 0 Å². The third-order valence-electron chi connectivity index (χ3n) is 2.62. The Kier molecular flexibility index (Phi) is 8.52. The maximum Gasteiger partial charge on any atom is 0.241 e. The van der Waals surface area contributed by atoms with Crippen LogP contribution in [0, 0.1) is 0 Å². The van der Waals surface area contributed by atoms with Gasteiger partial charge in [-0.05, 0) is 18.6 Å². The highest BCUT2D eigenvalue weighted by Gasteiger charge is 2.15. The maximum atomic E-state index is 11.9. The molecule has 7 nitrogen and oxygen atoms in total. The van der Waals surface area contributed by atoms with Crippen LogP contribution in [0.3, 0.4) is 0 Å².